The standard InChI is InChI=1S/C35H35N9O4S/c36-15-21(29-17-38-27-6-1-2-7-28(27)41-29)16-37-22-10-12-43(13-11-22)24-5-3-4-23(14-24)40-35(48)39-18-31-25-19-44(34(47)26(25)20-49-31)30-8-9-32(45)42-33(30)46/h1-7,14-17,20,22,30,36-37H,8-13,18-19H2,(H2,39,40,48)(H,42,45,46)/b21-16+,36-15?. The highest BCUT2D eigenvalue weighted by Gasteiger charge is 2.40. The lowest BCUT2D eigenvalue weighted by Gasteiger charge is -2.34. The van der Waals surface area contributed by atoms with Gasteiger partial charge in [-0.3, -0.25) is 24.7 Å². The van der Waals surface area contributed by atoms with Crippen LogP contribution in [0.5, 0.6) is 0 Å². The number of carbonyl (C=O) groups is 4. The Morgan fingerprint density at radius 1 is 1.06 bits per heavy atom. The van der Waals surface area contributed by atoms with Crippen LogP contribution < -0.4 is 26.2 Å². The minimum absolute atomic E-state index is 0.201. The molecule has 7 rings (SSSR count). The van der Waals surface area contributed by atoms with E-state index in [1.165, 1.54) is 22.5 Å². The number of allylic oxidation sites excluding steroid dienone is 1. The van der Waals surface area contributed by atoms with Gasteiger partial charge in [-0.05, 0) is 55.2 Å². The summed E-state index contributed by atoms with van der Waals surface area (Å²) in [6.45, 7) is 2.17. The summed E-state index contributed by atoms with van der Waals surface area (Å²) in [7, 11) is 0. The van der Waals surface area contributed by atoms with E-state index in [9.17, 15) is 19.2 Å². The van der Waals surface area contributed by atoms with E-state index in [4.69, 9.17) is 5.41 Å². The highest BCUT2D eigenvalue weighted by Crippen LogP contribution is 2.34. The van der Waals surface area contributed by atoms with Crippen molar-refractivity contribution < 1.29 is 19.2 Å². The van der Waals surface area contributed by atoms with E-state index in [0.717, 1.165) is 53.1 Å². The van der Waals surface area contributed by atoms with Crippen molar-refractivity contribution in [3.8, 4) is 0 Å². The Hall–Kier alpha value is -5.63. The molecule has 4 aromatic rings. The van der Waals surface area contributed by atoms with E-state index >= 15 is 0 Å². The molecule has 0 spiro atoms. The molecule has 14 heteroatoms. The van der Waals surface area contributed by atoms with Crippen molar-refractivity contribution in [1.29, 1.82) is 5.41 Å². The van der Waals surface area contributed by atoms with Gasteiger partial charge >= 0.3 is 6.03 Å². The number of hydrogen-bond acceptors (Lipinski definition) is 10. The summed E-state index contributed by atoms with van der Waals surface area (Å²) in [5.41, 5.74) is 5.97. The van der Waals surface area contributed by atoms with Crippen LogP contribution in [0.1, 0.15) is 52.2 Å². The zero-order valence-electron chi connectivity index (χ0n) is 26.6. The van der Waals surface area contributed by atoms with E-state index in [0.29, 0.717) is 28.9 Å². The highest BCUT2D eigenvalue weighted by atomic mass is 32.1. The minimum atomic E-state index is -0.672. The molecule has 0 aliphatic carbocycles. The summed E-state index contributed by atoms with van der Waals surface area (Å²) >= 11 is 1.40. The average Bonchev–Trinajstić information content (AvgIpc) is 3.67. The van der Waals surface area contributed by atoms with Gasteiger partial charge in [0, 0.05) is 71.7 Å². The van der Waals surface area contributed by atoms with Crippen LogP contribution in [0.2, 0.25) is 0 Å². The number of urea groups is 1. The van der Waals surface area contributed by atoms with Crippen LogP contribution in [-0.2, 0) is 22.7 Å². The van der Waals surface area contributed by atoms with Gasteiger partial charge in [0.2, 0.25) is 11.8 Å². The molecule has 1 atom stereocenters. The molecule has 2 aromatic heterocycles. The molecular formula is C35H35N9O4S. The Balaban J connectivity index is 0.900. The zero-order chi connectivity index (χ0) is 33.9. The Bertz CT molecular complexity index is 1980. The number of amides is 5. The molecular weight excluding hydrogens is 643 g/mol. The van der Waals surface area contributed by atoms with Crippen molar-refractivity contribution >= 4 is 69.3 Å². The van der Waals surface area contributed by atoms with Crippen molar-refractivity contribution in [1.82, 2.24) is 30.8 Å². The van der Waals surface area contributed by atoms with E-state index in [1.54, 1.807) is 11.6 Å². The van der Waals surface area contributed by atoms with Crippen LogP contribution in [0.25, 0.3) is 16.6 Å². The SMILES string of the molecule is N=C/C(=C\NC1CCN(c2cccc(NC(=O)NCc3scc4c3CN(C3CCC(=O)NC3=O)C4=O)c2)CC1)c1cnc2ccccc2n1. The molecule has 5 N–H and O–H groups in total. The number of rotatable bonds is 9. The number of anilines is 2. The molecule has 5 amide bonds. The third kappa shape index (κ3) is 6.85. The highest BCUT2D eigenvalue weighted by molar-refractivity contribution is 7.10. The van der Waals surface area contributed by atoms with E-state index in [1.807, 2.05) is 54.7 Å². The summed E-state index contributed by atoms with van der Waals surface area (Å²) < 4.78 is 0. The Morgan fingerprint density at radius 2 is 1.88 bits per heavy atom. The maximum absolute atomic E-state index is 13.0. The number of aromatic nitrogens is 2. The van der Waals surface area contributed by atoms with Gasteiger partial charge in [-0.15, -0.1) is 11.3 Å². The van der Waals surface area contributed by atoms with Crippen LogP contribution >= 0.6 is 11.3 Å². The molecule has 1 unspecified atom stereocenters. The molecule has 13 nitrogen and oxygen atoms in total. The molecule has 49 heavy (non-hydrogen) atoms. The van der Waals surface area contributed by atoms with E-state index in [-0.39, 0.29) is 43.4 Å². The van der Waals surface area contributed by atoms with Gasteiger partial charge in [-0.2, -0.15) is 0 Å². The van der Waals surface area contributed by atoms with Gasteiger partial charge in [-0.1, -0.05) is 18.2 Å². The van der Waals surface area contributed by atoms with Gasteiger partial charge in [0.25, 0.3) is 5.91 Å². The second kappa shape index (κ2) is 13.8. The molecule has 2 aromatic carbocycles. The van der Waals surface area contributed by atoms with E-state index in [2.05, 4.69) is 36.1 Å². The molecule has 0 saturated carbocycles. The first-order chi connectivity index (χ1) is 23.9. The molecule has 0 bridgehead atoms. The molecule has 5 heterocycles. The molecule has 0 radical (unpaired) electrons. The Morgan fingerprint density at radius 3 is 2.67 bits per heavy atom. The number of imide groups is 1. The fourth-order valence-corrected chi connectivity index (χ4v) is 7.44. The number of nitrogens with zero attached hydrogens (tertiary/aromatic N) is 4. The monoisotopic (exact) mass is 677 g/mol. The quantitative estimate of drug-likeness (QED) is 0.131. The van der Waals surface area contributed by atoms with Gasteiger partial charge < -0.3 is 31.2 Å². The minimum Gasteiger partial charge on any atom is -0.387 e. The van der Waals surface area contributed by atoms with Gasteiger partial charge in [0.05, 0.1) is 35.0 Å². The number of fused-ring (bicyclic) bond motifs is 2. The smallest absolute Gasteiger partial charge is 0.319 e. The van der Waals surface area contributed by atoms with Crippen LogP contribution in [0.3, 0.4) is 0 Å². The van der Waals surface area contributed by atoms with Crippen molar-refractivity contribution in [2.45, 2.75) is 50.9 Å². The Labute approximate surface area is 286 Å². The van der Waals surface area contributed by atoms with Crippen molar-refractivity contribution in [3.05, 3.63) is 88.0 Å². The number of thiophene rings is 1. The predicted molar refractivity (Wildman–Crippen MR) is 187 cm³/mol. The molecule has 3 aliphatic rings. The van der Waals surface area contributed by atoms with Crippen molar-refractivity contribution in [3.63, 3.8) is 0 Å². The number of carbonyl (C=O) groups excluding carboxylic acids is 4. The van der Waals surface area contributed by atoms with E-state index < -0.39 is 11.9 Å². The van der Waals surface area contributed by atoms with Crippen LogP contribution in [0.15, 0.2) is 66.3 Å². The van der Waals surface area contributed by atoms with Gasteiger partial charge in [0.15, 0.2) is 0 Å². The first-order valence-corrected chi connectivity index (χ1v) is 17.1. The number of para-hydroxylation sites is 2. The zero-order valence-corrected chi connectivity index (χ0v) is 27.4. The fourth-order valence-electron chi connectivity index (χ4n) is 6.47. The lowest BCUT2D eigenvalue weighted by molar-refractivity contribution is -0.136. The number of nitrogens with one attached hydrogen (secondary N) is 5. The first-order valence-electron chi connectivity index (χ1n) is 16.2. The maximum atomic E-state index is 13.0. The maximum Gasteiger partial charge on any atom is 0.319 e. The summed E-state index contributed by atoms with van der Waals surface area (Å²) in [6.07, 6.45) is 7.15. The first kappa shape index (κ1) is 31.9. The third-order valence-corrected chi connectivity index (χ3v) is 10.2. The molecule has 250 valence electrons. The van der Waals surface area contributed by atoms with Gasteiger partial charge in [0.1, 0.15) is 6.04 Å². The lowest BCUT2D eigenvalue weighted by Crippen LogP contribution is -2.52. The molecule has 2 saturated heterocycles. The average molecular weight is 678 g/mol. The number of hydrogen-bond donors (Lipinski definition) is 5. The van der Waals surface area contributed by atoms with Crippen molar-refractivity contribution in [2.75, 3.05) is 23.3 Å². The molecule has 2 fully saturated rings. The summed E-state index contributed by atoms with van der Waals surface area (Å²) in [5.74, 6) is -0.992. The second-order valence-corrected chi connectivity index (χ2v) is 13.2. The lowest BCUT2D eigenvalue weighted by atomic mass is 10.0. The number of benzene rings is 2. The number of piperidine rings is 2. The second-order valence-electron chi connectivity index (χ2n) is 12.2. The normalized spacial score (nSPS) is 18.3. The predicted octanol–water partition coefficient (Wildman–Crippen LogP) is 4.02. The van der Waals surface area contributed by atoms with Crippen LogP contribution in [-0.4, -0.2) is 70.0 Å². The van der Waals surface area contributed by atoms with Crippen LogP contribution in [0.4, 0.5) is 16.2 Å². The van der Waals surface area contributed by atoms with Crippen molar-refractivity contribution in [2.24, 2.45) is 0 Å². The van der Waals surface area contributed by atoms with Gasteiger partial charge in [-0.25, -0.2) is 9.78 Å². The summed E-state index contributed by atoms with van der Waals surface area (Å²) in [5, 5.41) is 21.3. The summed E-state index contributed by atoms with van der Waals surface area (Å²) in [6, 6.07) is 14.6. The fraction of sp³-hybridized carbons (Fsp3) is 0.286. The van der Waals surface area contributed by atoms with Crippen LogP contribution in [0, 0.1) is 5.41 Å². The summed E-state index contributed by atoms with van der Waals surface area (Å²) in [4.78, 5) is 63.6. The topological polar surface area (TPSA) is 173 Å². The largest absolute Gasteiger partial charge is 0.387 e. The Kier molecular flexibility index (Phi) is 9.03. The molecule has 3 aliphatic heterocycles. The third-order valence-electron chi connectivity index (χ3n) is 9.13.